The van der Waals surface area contributed by atoms with Crippen LogP contribution in [0.4, 0.5) is 5.13 Å². The fourth-order valence-corrected chi connectivity index (χ4v) is 3.31. The van der Waals surface area contributed by atoms with E-state index in [1.54, 1.807) is 27.1 Å². The molecule has 0 atom stereocenters. The van der Waals surface area contributed by atoms with Gasteiger partial charge in [-0.05, 0) is 26.0 Å². The van der Waals surface area contributed by atoms with Crippen molar-refractivity contribution < 1.29 is 9.59 Å². The highest BCUT2D eigenvalue weighted by Gasteiger charge is 2.18. The molecule has 0 aliphatic carbocycles. The fraction of sp³-hybridized carbons (Fsp3) is 0.308. The summed E-state index contributed by atoms with van der Waals surface area (Å²) >= 11 is 2.62. The number of amides is 2. The van der Waals surface area contributed by atoms with Gasteiger partial charge in [0.1, 0.15) is 4.88 Å². The van der Waals surface area contributed by atoms with Crippen LogP contribution >= 0.6 is 22.7 Å². The summed E-state index contributed by atoms with van der Waals surface area (Å²) in [6.07, 6.45) is 0. The maximum absolute atomic E-state index is 12.0. The summed E-state index contributed by atoms with van der Waals surface area (Å²) in [5, 5.41) is 3.18. The van der Waals surface area contributed by atoms with Crippen molar-refractivity contribution in [2.75, 3.05) is 19.4 Å². The summed E-state index contributed by atoms with van der Waals surface area (Å²) in [5.41, 5.74) is 0.631. The summed E-state index contributed by atoms with van der Waals surface area (Å²) in [4.78, 5) is 31.9. The Balaban J connectivity index is 2.17. The molecule has 0 spiro atoms. The number of rotatable bonds is 3. The molecular weight excluding hydrogens is 294 g/mol. The number of thiazole rings is 1. The van der Waals surface area contributed by atoms with Gasteiger partial charge in [-0.1, -0.05) is 11.3 Å². The Morgan fingerprint density at radius 2 is 1.90 bits per heavy atom. The maximum Gasteiger partial charge on any atom is 0.267 e. The molecule has 2 rings (SSSR count). The van der Waals surface area contributed by atoms with E-state index >= 15 is 0 Å². The topological polar surface area (TPSA) is 62.3 Å². The van der Waals surface area contributed by atoms with Crippen molar-refractivity contribution >= 4 is 39.6 Å². The van der Waals surface area contributed by atoms with Crippen molar-refractivity contribution in [3.8, 4) is 0 Å². The van der Waals surface area contributed by atoms with Gasteiger partial charge in [-0.15, -0.1) is 11.3 Å². The van der Waals surface area contributed by atoms with Gasteiger partial charge in [-0.25, -0.2) is 4.98 Å². The number of carbonyl (C=O) groups excluding carboxylic acids is 2. The molecule has 1 N–H and O–H groups in total. The van der Waals surface area contributed by atoms with Gasteiger partial charge in [0.25, 0.3) is 11.8 Å². The van der Waals surface area contributed by atoms with E-state index in [1.165, 1.54) is 27.6 Å². The first-order chi connectivity index (χ1) is 9.38. The predicted octanol–water partition coefficient (Wildman–Crippen LogP) is 2.78. The van der Waals surface area contributed by atoms with Crippen LogP contribution in [0.15, 0.2) is 12.1 Å². The molecule has 0 aromatic carbocycles. The van der Waals surface area contributed by atoms with Gasteiger partial charge in [0.05, 0.1) is 10.6 Å². The smallest absolute Gasteiger partial charge is 0.267 e. The number of nitrogens with one attached hydrogen (secondary N) is 1. The second kappa shape index (κ2) is 5.72. The minimum absolute atomic E-state index is 0.104. The summed E-state index contributed by atoms with van der Waals surface area (Å²) in [5.74, 6) is -0.298. The molecule has 0 saturated heterocycles. The number of hydrogen-bond acceptors (Lipinski definition) is 5. The highest BCUT2D eigenvalue weighted by Crippen LogP contribution is 2.25. The number of thiophene rings is 1. The molecule has 106 valence electrons. The second-order valence-electron chi connectivity index (χ2n) is 4.50. The average Bonchev–Trinajstić information content (AvgIpc) is 2.94. The van der Waals surface area contributed by atoms with Crippen LogP contribution in [-0.4, -0.2) is 35.8 Å². The Hall–Kier alpha value is -1.73. The zero-order valence-corrected chi connectivity index (χ0v) is 13.3. The monoisotopic (exact) mass is 309 g/mol. The van der Waals surface area contributed by atoms with Crippen molar-refractivity contribution in [3.63, 3.8) is 0 Å². The fourth-order valence-electron chi connectivity index (χ4n) is 1.57. The van der Waals surface area contributed by atoms with Crippen LogP contribution in [0.2, 0.25) is 0 Å². The van der Waals surface area contributed by atoms with E-state index in [4.69, 9.17) is 0 Å². The third-order valence-electron chi connectivity index (χ3n) is 2.58. The lowest BCUT2D eigenvalue weighted by molar-refractivity contribution is 0.0831. The first-order valence-electron chi connectivity index (χ1n) is 5.95. The number of aryl methyl sites for hydroxylation is 2. The Labute approximate surface area is 125 Å². The van der Waals surface area contributed by atoms with Crippen LogP contribution in [-0.2, 0) is 0 Å². The van der Waals surface area contributed by atoms with E-state index in [1.807, 2.05) is 13.0 Å². The van der Waals surface area contributed by atoms with E-state index in [2.05, 4.69) is 10.3 Å². The minimum atomic E-state index is -0.194. The Morgan fingerprint density at radius 3 is 2.45 bits per heavy atom. The number of nitrogens with zero attached hydrogens (tertiary/aromatic N) is 2. The molecule has 2 amide bonds. The number of hydrogen-bond donors (Lipinski definition) is 1. The Bertz CT molecular complexity index is 658. The predicted molar refractivity (Wildman–Crippen MR) is 81.9 cm³/mol. The second-order valence-corrected chi connectivity index (χ2v) is 6.78. The van der Waals surface area contributed by atoms with Gasteiger partial charge in [-0.2, -0.15) is 0 Å². The van der Waals surface area contributed by atoms with Crippen molar-refractivity contribution in [2.24, 2.45) is 0 Å². The third-order valence-corrected chi connectivity index (χ3v) is 4.64. The average molecular weight is 309 g/mol. The van der Waals surface area contributed by atoms with Gasteiger partial charge in [-0.3, -0.25) is 14.9 Å². The minimum Gasteiger partial charge on any atom is -0.344 e. The van der Waals surface area contributed by atoms with Gasteiger partial charge >= 0.3 is 0 Å². The normalized spacial score (nSPS) is 10.4. The van der Waals surface area contributed by atoms with Crippen LogP contribution in [0, 0.1) is 13.8 Å². The summed E-state index contributed by atoms with van der Waals surface area (Å²) in [6, 6.07) is 3.68. The Morgan fingerprint density at radius 1 is 1.20 bits per heavy atom. The van der Waals surface area contributed by atoms with Crippen molar-refractivity contribution in [1.29, 1.82) is 0 Å². The van der Waals surface area contributed by atoms with E-state index in [-0.39, 0.29) is 11.8 Å². The molecule has 0 unspecified atom stereocenters. The third kappa shape index (κ3) is 3.05. The molecule has 20 heavy (non-hydrogen) atoms. The molecule has 0 fully saturated rings. The lowest BCUT2D eigenvalue weighted by atomic mass is 10.3. The summed E-state index contributed by atoms with van der Waals surface area (Å²) < 4.78 is 0. The lowest BCUT2D eigenvalue weighted by Gasteiger charge is -2.07. The number of carbonyl (C=O) groups is 2. The van der Waals surface area contributed by atoms with Crippen LogP contribution in [0.25, 0.3) is 0 Å². The summed E-state index contributed by atoms with van der Waals surface area (Å²) in [6.45, 7) is 3.71. The molecule has 0 radical (unpaired) electrons. The van der Waals surface area contributed by atoms with Gasteiger partial charge in [0.15, 0.2) is 5.13 Å². The van der Waals surface area contributed by atoms with E-state index in [0.717, 1.165) is 4.88 Å². The molecule has 2 aromatic rings. The molecular formula is C13H15N3O2S2. The van der Waals surface area contributed by atoms with E-state index in [9.17, 15) is 9.59 Å². The van der Waals surface area contributed by atoms with Gasteiger partial charge in [0, 0.05) is 19.0 Å². The highest BCUT2D eigenvalue weighted by molar-refractivity contribution is 7.18. The Kier molecular flexibility index (Phi) is 4.20. The van der Waals surface area contributed by atoms with E-state index in [0.29, 0.717) is 20.6 Å². The molecule has 0 aliphatic heterocycles. The molecule has 5 nitrogen and oxygen atoms in total. The maximum atomic E-state index is 12.0. The summed E-state index contributed by atoms with van der Waals surface area (Å²) in [7, 11) is 3.38. The van der Waals surface area contributed by atoms with Crippen LogP contribution < -0.4 is 5.32 Å². The number of anilines is 1. The van der Waals surface area contributed by atoms with Gasteiger partial charge < -0.3 is 4.90 Å². The van der Waals surface area contributed by atoms with Crippen molar-refractivity contribution in [1.82, 2.24) is 9.88 Å². The quantitative estimate of drug-likeness (QED) is 0.948. The SMILES string of the molecule is Cc1ccc(C(=O)Nc2nc(C)c(C(=O)N(C)C)s2)s1. The van der Waals surface area contributed by atoms with Crippen molar-refractivity contribution in [2.45, 2.75) is 13.8 Å². The first-order valence-corrected chi connectivity index (χ1v) is 7.58. The molecule has 0 saturated carbocycles. The highest BCUT2D eigenvalue weighted by atomic mass is 32.1. The largest absolute Gasteiger partial charge is 0.344 e. The van der Waals surface area contributed by atoms with Gasteiger partial charge in [0.2, 0.25) is 0 Å². The lowest BCUT2D eigenvalue weighted by Crippen LogP contribution is -2.21. The van der Waals surface area contributed by atoms with Crippen LogP contribution in [0.5, 0.6) is 0 Å². The zero-order chi connectivity index (χ0) is 14.9. The van der Waals surface area contributed by atoms with E-state index < -0.39 is 0 Å². The van der Waals surface area contributed by atoms with Crippen LogP contribution in [0.1, 0.15) is 29.9 Å². The standard InChI is InChI=1S/C13H15N3O2S2/c1-7-5-6-9(19-7)11(17)15-13-14-8(2)10(20-13)12(18)16(3)4/h5-6H,1-4H3,(H,14,15,17). The zero-order valence-electron chi connectivity index (χ0n) is 11.7. The first kappa shape index (κ1) is 14.7. The number of aromatic nitrogens is 1. The van der Waals surface area contributed by atoms with Crippen LogP contribution in [0.3, 0.4) is 0 Å². The van der Waals surface area contributed by atoms with Crippen molar-refractivity contribution in [3.05, 3.63) is 32.5 Å². The molecule has 2 heterocycles. The molecule has 2 aromatic heterocycles. The molecule has 0 aliphatic rings. The molecule has 0 bridgehead atoms. The molecule has 7 heteroatoms.